The second kappa shape index (κ2) is 9.65. The fourth-order valence-corrected chi connectivity index (χ4v) is 2.31. The number of carbonyl (C=O) groups excluding carboxylic acids is 2. The number of carbonyl (C=O) groups is 2. The van der Waals surface area contributed by atoms with E-state index < -0.39 is 0 Å². The Labute approximate surface area is 152 Å². The van der Waals surface area contributed by atoms with E-state index in [0.29, 0.717) is 6.04 Å². The molecule has 0 heterocycles. The molecular weight excluding hydrogens is 290 g/mol. The third kappa shape index (κ3) is 8.46. The van der Waals surface area contributed by atoms with Crippen molar-refractivity contribution in [3.05, 3.63) is 5.32 Å². The van der Waals surface area contributed by atoms with Crippen molar-refractivity contribution >= 4 is 11.8 Å². The van der Waals surface area contributed by atoms with E-state index in [4.69, 9.17) is 0 Å². The molecule has 1 saturated carbocycles. The molecule has 1 rings (SSSR count). The van der Waals surface area contributed by atoms with E-state index in [2.05, 4.69) is 10.6 Å². The summed E-state index contributed by atoms with van der Waals surface area (Å²) in [6, 6.07) is 0.520. The molecule has 5 heteroatoms. The van der Waals surface area contributed by atoms with Crippen LogP contribution in [0.2, 0.25) is 0 Å². The Morgan fingerprint density at radius 2 is 1.59 bits per heavy atom. The summed E-state index contributed by atoms with van der Waals surface area (Å²) in [6.07, 6.45) is 6.01. The standard InChI is InChI=1S/C12H22N2O2.Rb/c1-9(15)13-11-5-3-7-12(8-4-6-11)14-10(2)16;/h11-12H,3-8H2,1-2H3,(H2,13,14,15,16);/q;+1/p-1. The van der Waals surface area contributed by atoms with Crippen LogP contribution in [0.4, 0.5) is 0 Å². The van der Waals surface area contributed by atoms with Crippen LogP contribution >= 0.6 is 0 Å². The molecular formula is C12H21N2O2Rb. The van der Waals surface area contributed by atoms with Crippen LogP contribution in [-0.2, 0) is 9.59 Å². The molecule has 0 aromatic rings. The normalized spacial score (nSPS) is 24.8. The molecule has 0 unspecified atom stereocenters. The first-order chi connectivity index (χ1) is 7.58. The minimum atomic E-state index is -0.0658. The summed E-state index contributed by atoms with van der Waals surface area (Å²) < 4.78 is 0. The van der Waals surface area contributed by atoms with Crippen molar-refractivity contribution in [3.63, 3.8) is 0 Å². The van der Waals surface area contributed by atoms with Gasteiger partial charge in [-0.05, 0) is 19.8 Å². The van der Waals surface area contributed by atoms with Gasteiger partial charge in [0.05, 0.1) is 0 Å². The second-order valence-corrected chi connectivity index (χ2v) is 4.56. The molecule has 0 bridgehead atoms. The van der Waals surface area contributed by atoms with E-state index >= 15 is 0 Å². The van der Waals surface area contributed by atoms with E-state index in [9.17, 15) is 9.59 Å². The molecule has 1 N–H and O–H groups in total. The van der Waals surface area contributed by atoms with Crippen molar-refractivity contribution in [2.24, 2.45) is 0 Å². The Morgan fingerprint density at radius 3 is 2.00 bits per heavy atom. The summed E-state index contributed by atoms with van der Waals surface area (Å²) in [6.45, 7) is 3.07. The summed E-state index contributed by atoms with van der Waals surface area (Å²) in [7, 11) is 0. The van der Waals surface area contributed by atoms with Gasteiger partial charge in [-0.2, -0.15) is 0 Å². The van der Waals surface area contributed by atoms with Gasteiger partial charge in [-0.15, -0.1) is 6.04 Å². The number of rotatable bonds is 2. The first-order valence-electron chi connectivity index (χ1n) is 6.06. The van der Waals surface area contributed by atoms with Crippen LogP contribution in [0.3, 0.4) is 0 Å². The fraction of sp³-hybridized carbons (Fsp3) is 0.833. The van der Waals surface area contributed by atoms with Gasteiger partial charge in [-0.25, -0.2) is 0 Å². The number of nitrogens with zero attached hydrogens (tertiary/aromatic N) is 1. The van der Waals surface area contributed by atoms with Crippen LogP contribution in [0.1, 0.15) is 52.4 Å². The largest absolute Gasteiger partial charge is 1.00 e. The van der Waals surface area contributed by atoms with Gasteiger partial charge in [0.25, 0.3) is 0 Å². The average Bonchev–Trinajstić information content (AvgIpc) is 2.11. The monoisotopic (exact) mass is 310 g/mol. The molecule has 4 nitrogen and oxygen atoms in total. The number of amides is 2. The smallest absolute Gasteiger partial charge is 0.651 e. The maximum atomic E-state index is 10.9. The van der Waals surface area contributed by atoms with Crippen molar-refractivity contribution in [2.75, 3.05) is 0 Å². The van der Waals surface area contributed by atoms with Crippen molar-refractivity contribution in [2.45, 2.75) is 64.5 Å². The molecule has 0 radical (unpaired) electrons. The molecule has 0 aromatic heterocycles. The second-order valence-electron chi connectivity index (χ2n) is 4.56. The first kappa shape index (κ1) is 17.7. The van der Waals surface area contributed by atoms with E-state index in [1.807, 2.05) is 0 Å². The SMILES string of the molecule is CC(=O)[N-]C1CCCC(NC(C)=O)CCC1.[Rb+]. The van der Waals surface area contributed by atoms with Crippen LogP contribution in [-0.4, -0.2) is 23.9 Å². The van der Waals surface area contributed by atoms with Crippen LogP contribution < -0.4 is 63.5 Å². The Kier molecular flexibility index (Phi) is 10.1. The number of nitrogens with one attached hydrogen (secondary N) is 1. The zero-order valence-corrected chi connectivity index (χ0v) is 16.1. The summed E-state index contributed by atoms with van der Waals surface area (Å²) in [5, 5.41) is 7.07. The van der Waals surface area contributed by atoms with Gasteiger partial charge in [0.15, 0.2) is 0 Å². The molecule has 0 aliphatic heterocycles. The molecule has 92 valence electrons. The summed E-state index contributed by atoms with van der Waals surface area (Å²) >= 11 is 0. The molecule has 0 aromatic carbocycles. The van der Waals surface area contributed by atoms with Crippen LogP contribution in [0, 0.1) is 0 Å². The number of hydrogen-bond acceptors (Lipinski definition) is 2. The van der Waals surface area contributed by atoms with Gasteiger partial charge in [-0.1, -0.05) is 25.7 Å². The number of hydrogen-bond donors (Lipinski definition) is 1. The van der Waals surface area contributed by atoms with Crippen LogP contribution in [0.15, 0.2) is 0 Å². The molecule has 0 atom stereocenters. The minimum Gasteiger partial charge on any atom is -0.651 e. The van der Waals surface area contributed by atoms with Gasteiger partial charge >= 0.3 is 58.2 Å². The molecule has 0 spiro atoms. The van der Waals surface area contributed by atoms with E-state index in [1.54, 1.807) is 6.92 Å². The van der Waals surface area contributed by atoms with Gasteiger partial charge in [0, 0.05) is 18.9 Å². The summed E-state index contributed by atoms with van der Waals surface area (Å²) in [5.74, 6) is -0.0143. The zero-order chi connectivity index (χ0) is 12.0. The predicted octanol–water partition coefficient (Wildman–Crippen LogP) is -0.862. The Morgan fingerprint density at radius 1 is 1.06 bits per heavy atom. The molecule has 1 aliphatic rings. The first-order valence-corrected chi connectivity index (χ1v) is 6.06. The minimum absolute atomic E-state index is 0. The fourth-order valence-electron chi connectivity index (χ4n) is 2.31. The van der Waals surface area contributed by atoms with E-state index in [-0.39, 0.29) is 76.0 Å². The van der Waals surface area contributed by atoms with Crippen molar-refractivity contribution in [1.82, 2.24) is 5.32 Å². The predicted molar refractivity (Wildman–Crippen MR) is 63.1 cm³/mol. The maximum Gasteiger partial charge on any atom is 1.00 e. The van der Waals surface area contributed by atoms with Crippen molar-refractivity contribution in [1.29, 1.82) is 0 Å². The van der Waals surface area contributed by atoms with Gasteiger partial charge in [0.1, 0.15) is 0 Å². The maximum absolute atomic E-state index is 10.9. The molecule has 17 heavy (non-hydrogen) atoms. The van der Waals surface area contributed by atoms with Crippen LogP contribution in [0.5, 0.6) is 0 Å². The van der Waals surface area contributed by atoms with Gasteiger partial charge in [-0.3, -0.25) is 4.79 Å². The van der Waals surface area contributed by atoms with Crippen molar-refractivity contribution < 1.29 is 67.8 Å². The van der Waals surface area contributed by atoms with Crippen LogP contribution in [0.25, 0.3) is 5.32 Å². The van der Waals surface area contributed by atoms with E-state index in [0.717, 1.165) is 38.5 Å². The summed E-state index contributed by atoms with van der Waals surface area (Å²) in [5.41, 5.74) is 0. The Balaban J connectivity index is 0.00000256. The molecule has 2 amide bonds. The Hall–Kier alpha value is 0.745. The third-order valence-electron chi connectivity index (χ3n) is 2.95. The Bertz CT molecular complexity index is 225. The molecule has 1 aliphatic carbocycles. The average molecular weight is 311 g/mol. The van der Waals surface area contributed by atoms with E-state index in [1.165, 1.54) is 6.92 Å². The third-order valence-corrected chi connectivity index (χ3v) is 2.95. The van der Waals surface area contributed by atoms with Crippen molar-refractivity contribution in [3.8, 4) is 0 Å². The quantitative estimate of drug-likeness (QED) is 0.721. The zero-order valence-electron chi connectivity index (χ0n) is 11.2. The molecule has 1 fully saturated rings. The topological polar surface area (TPSA) is 60.3 Å². The van der Waals surface area contributed by atoms with Gasteiger partial charge in [0.2, 0.25) is 5.91 Å². The molecule has 0 saturated heterocycles. The summed E-state index contributed by atoms with van der Waals surface area (Å²) in [4.78, 5) is 21.8. The van der Waals surface area contributed by atoms with Gasteiger partial charge < -0.3 is 15.4 Å².